The van der Waals surface area contributed by atoms with Crippen molar-refractivity contribution in [1.82, 2.24) is 0 Å². The molecular formula is C45H39N3S. The minimum absolute atomic E-state index is 0.0318. The molecule has 240 valence electrons. The van der Waals surface area contributed by atoms with E-state index in [4.69, 9.17) is 10.4 Å². The average molecular weight is 654 g/mol. The molecule has 3 nitrogen and oxygen atoms in total. The van der Waals surface area contributed by atoms with E-state index in [9.17, 15) is 0 Å². The van der Waals surface area contributed by atoms with Crippen LogP contribution in [0.15, 0.2) is 155 Å². The summed E-state index contributed by atoms with van der Waals surface area (Å²) in [5, 5.41) is 13.4. The SMILES string of the molecule is C/C(=C1/C=CC=C/C1=N/C(=N)c1cccc(Nc2c(-c3ccccc3C)ccc3c2SC2c4ccccc4C(C)(C)C32)c1)c1ccccc1. The Hall–Kier alpha value is -5.19. The quantitative estimate of drug-likeness (QED) is 0.146. The minimum atomic E-state index is 0.0318. The van der Waals surface area contributed by atoms with E-state index in [0.717, 1.165) is 39.4 Å². The predicted octanol–water partition coefficient (Wildman–Crippen LogP) is 12.0. The lowest BCUT2D eigenvalue weighted by Crippen LogP contribution is -2.21. The first-order valence-corrected chi connectivity index (χ1v) is 17.8. The van der Waals surface area contributed by atoms with E-state index in [1.807, 2.05) is 48.2 Å². The Balaban J connectivity index is 1.18. The minimum Gasteiger partial charge on any atom is -0.354 e. The summed E-state index contributed by atoms with van der Waals surface area (Å²) in [5.41, 5.74) is 15.0. The first-order valence-electron chi connectivity index (χ1n) is 17.0. The van der Waals surface area contributed by atoms with Gasteiger partial charge in [0.2, 0.25) is 0 Å². The van der Waals surface area contributed by atoms with Gasteiger partial charge in [-0.25, -0.2) is 4.99 Å². The Bertz CT molecular complexity index is 2250. The Kier molecular flexibility index (Phi) is 7.85. The van der Waals surface area contributed by atoms with Gasteiger partial charge in [0.25, 0.3) is 0 Å². The zero-order valence-corrected chi connectivity index (χ0v) is 29.1. The normalized spacial score (nSPS) is 20.1. The van der Waals surface area contributed by atoms with Crippen LogP contribution in [0.1, 0.15) is 65.3 Å². The fourth-order valence-corrected chi connectivity index (χ4v) is 9.69. The molecule has 0 saturated carbocycles. The molecule has 3 aliphatic rings. The van der Waals surface area contributed by atoms with Crippen LogP contribution in [0.2, 0.25) is 0 Å². The van der Waals surface area contributed by atoms with Crippen LogP contribution >= 0.6 is 11.8 Å². The van der Waals surface area contributed by atoms with Gasteiger partial charge in [0.15, 0.2) is 5.84 Å². The third-order valence-corrected chi connectivity index (χ3v) is 11.9. The number of aliphatic imine (C=N–C) groups is 1. The zero-order valence-electron chi connectivity index (χ0n) is 28.3. The van der Waals surface area contributed by atoms with Crippen LogP contribution in [0.3, 0.4) is 0 Å². The number of aryl methyl sites for hydroxylation is 1. The summed E-state index contributed by atoms with van der Waals surface area (Å²) >= 11 is 2.00. The van der Waals surface area contributed by atoms with Crippen LogP contribution in [0.25, 0.3) is 16.7 Å². The topological polar surface area (TPSA) is 48.2 Å². The molecular weight excluding hydrogens is 615 g/mol. The van der Waals surface area contributed by atoms with Gasteiger partial charge < -0.3 is 5.32 Å². The van der Waals surface area contributed by atoms with Gasteiger partial charge in [0.05, 0.1) is 11.4 Å². The fourth-order valence-electron chi connectivity index (χ4n) is 7.87. The van der Waals surface area contributed by atoms with Crippen LogP contribution in [-0.4, -0.2) is 11.5 Å². The molecule has 5 aromatic carbocycles. The molecule has 0 aromatic heterocycles. The van der Waals surface area contributed by atoms with Crippen LogP contribution in [0.5, 0.6) is 0 Å². The van der Waals surface area contributed by atoms with Crippen molar-refractivity contribution in [3.63, 3.8) is 0 Å². The highest BCUT2D eigenvalue weighted by atomic mass is 32.2. The Morgan fingerprint density at radius 3 is 2.33 bits per heavy atom. The molecule has 0 fully saturated rings. The third kappa shape index (κ3) is 5.41. The smallest absolute Gasteiger partial charge is 0.152 e. The first-order chi connectivity index (χ1) is 23.8. The number of fused-ring (bicyclic) bond motifs is 5. The zero-order chi connectivity index (χ0) is 33.7. The standard InChI is InChI=1S/C45H39N3S/c1-28-15-8-9-20-33(28)35-25-26-37-40-42(36-22-10-12-23-38(36)45(40,3)4)49-43(37)41(35)47-32-19-14-18-31(27-32)44(46)48-39-24-13-11-21-34(39)29(2)30-16-6-5-7-17-30/h5-27,40,42,46-47H,1-4H3/b34-29+,46-44?,48-39-. The van der Waals surface area contributed by atoms with Gasteiger partial charge in [0, 0.05) is 38.5 Å². The second kappa shape index (κ2) is 12.4. The van der Waals surface area contributed by atoms with E-state index >= 15 is 0 Å². The summed E-state index contributed by atoms with van der Waals surface area (Å²) in [6.45, 7) is 9.12. The van der Waals surface area contributed by atoms with E-state index in [1.165, 1.54) is 38.3 Å². The van der Waals surface area contributed by atoms with E-state index in [2.05, 4.69) is 136 Å². The number of nitrogens with zero attached hydrogens (tertiary/aromatic N) is 1. The molecule has 2 N–H and O–H groups in total. The summed E-state index contributed by atoms with van der Waals surface area (Å²) in [7, 11) is 0. The van der Waals surface area contributed by atoms with Crippen molar-refractivity contribution < 1.29 is 0 Å². The van der Waals surface area contributed by atoms with Crippen LogP contribution in [-0.2, 0) is 5.41 Å². The van der Waals surface area contributed by atoms with E-state index in [0.29, 0.717) is 11.2 Å². The van der Waals surface area contributed by atoms with E-state index in [-0.39, 0.29) is 11.3 Å². The van der Waals surface area contributed by atoms with Crippen molar-refractivity contribution in [1.29, 1.82) is 5.41 Å². The fraction of sp³-hybridized carbons (Fsp3) is 0.156. The molecule has 1 aliphatic heterocycles. The van der Waals surface area contributed by atoms with Gasteiger partial charge in [0.1, 0.15) is 0 Å². The number of nitrogens with one attached hydrogen (secondary N) is 2. The highest BCUT2D eigenvalue weighted by Crippen LogP contribution is 2.68. The molecule has 8 rings (SSSR count). The third-order valence-electron chi connectivity index (χ3n) is 10.4. The monoisotopic (exact) mass is 653 g/mol. The van der Waals surface area contributed by atoms with Crippen molar-refractivity contribution in [2.75, 3.05) is 5.32 Å². The van der Waals surface area contributed by atoms with Gasteiger partial charge in [-0.15, -0.1) is 11.8 Å². The summed E-state index contributed by atoms with van der Waals surface area (Å²) in [5.74, 6) is 0.627. The van der Waals surface area contributed by atoms with Gasteiger partial charge >= 0.3 is 0 Å². The number of anilines is 2. The summed E-state index contributed by atoms with van der Waals surface area (Å²) < 4.78 is 0. The number of thioether (sulfide) groups is 1. The van der Waals surface area contributed by atoms with Gasteiger partial charge in [-0.3, -0.25) is 5.41 Å². The second-order valence-electron chi connectivity index (χ2n) is 13.7. The molecule has 2 aliphatic carbocycles. The van der Waals surface area contributed by atoms with Crippen LogP contribution in [0.4, 0.5) is 11.4 Å². The number of hydrogen-bond donors (Lipinski definition) is 2. The molecule has 0 spiro atoms. The second-order valence-corrected chi connectivity index (χ2v) is 14.9. The van der Waals surface area contributed by atoms with Crippen molar-refractivity contribution in [3.05, 3.63) is 179 Å². The number of allylic oxidation sites excluding steroid dienone is 6. The van der Waals surface area contributed by atoms with Crippen molar-refractivity contribution in [3.8, 4) is 11.1 Å². The van der Waals surface area contributed by atoms with Crippen molar-refractivity contribution >= 4 is 40.3 Å². The highest BCUT2D eigenvalue weighted by molar-refractivity contribution is 8.00. The maximum atomic E-state index is 9.10. The first kappa shape index (κ1) is 31.1. The molecule has 0 radical (unpaired) electrons. The predicted molar refractivity (Wildman–Crippen MR) is 209 cm³/mol. The van der Waals surface area contributed by atoms with Crippen molar-refractivity contribution in [2.45, 2.75) is 49.2 Å². The molecule has 4 heteroatoms. The molecule has 5 aromatic rings. The number of amidine groups is 1. The van der Waals surface area contributed by atoms with Gasteiger partial charge in [-0.05, 0) is 76.4 Å². The molecule has 2 atom stereocenters. The lowest BCUT2D eigenvalue weighted by atomic mass is 9.74. The molecule has 0 saturated heterocycles. The summed E-state index contributed by atoms with van der Waals surface area (Å²) in [4.78, 5) is 6.19. The molecule has 0 amide bonds. The Morgan fingerprint density at radius 2 is 1.49 bits per heavy atom. The van der Waals surface area contributed by atoms with Crippen molar-refractivity contribution in [2.24, 2.45) is 4.99 Å². The maximum Gasteiger partial charge on any atom is 0.152 e. The molecule has 0 bridgehead atoms. The number of hydrogen-bond acceptors (Lipinski definition) is 3. The van der Waals surface area contributed by atoms with E-state index < -0.39 is 0 Å². The molecule has 2 unspecified atom stereocenters. The maximum absolute atomic E-state index is 9.10. The largest absolute Gasteiger partial charge is 0.354 e. The van der Waals surface area contributed by atoms with Gasteiger partial charge in [-0.1, -0.05) is 135 Å². The lowest BCUT2D eigenvalue weighted by molar-refractivity contribution is 0.446. The lowest BCUT2D eigenvalue weighted by Gasteiger charge is -2.29. The number of rotatable bonds is 5. The van der Waals surface area contributed by atoms with Crippen LogP contribution < -0.4 is 5.32 Å². The Morgan fingerprint density at radius 1 is 0.755 bits per heavy atom. The molecule has 1 heterocycles. The number of benzene rings is 5. The summed E-state index contributed by atoms with van der Waals surface area (Å²) in [6, 6.07) is 40.9. The highest BCUT2D eigenvalue weighted by Gasteiger charge is 2.52. The summed E-state index contributed by atoms with van der Waals surface area (Å²) in [6.07, 6.45) is 8.10. The van der Waals surface area contributed by atoms with Gasteiger partial charge in [-0.2, -0.15) is 0 Å². The molecule has 49 heavy (non-hydrogen) atoms. The average Bonchev–Trinajstić information content (AvgIpc) is 3.63. The van der Waals surface area contributed by atoms with E-state index in [1.54, 1.807) is 0 Å². The Labute approximate surface area is 293 Å². The van der Waals surface area contributed by atoms with Crippen LogP contribution in [0, 0.1) is 12.3 Å².